The number of hydrogen-bond donors (Lipinski definition) is 3. The normalized spacial score (nSPS) is 19.5. The lowest BCUT2D eigenvalue weighted by atomic mass is 9.93. The topological polar surface area (TPSA) is 108 Å². The molecule has 130 valence electrons. The van der Waals surface area contributed by atoms with E-state index in [0.29, 0.717) is 29.7 Å². The van der Waals surface area contributed by atoms with Crippen LogP contribution in [0, 0.1) is 0 Å². The van der Waals surface area contributed by atoms with Gasteiger partial charge in [0.05, 0.1) is 18.6 Å². The van der Waals surface area contributed by atoms with Crippen molar-refractivity contribution >= 4 is 17.7 Å². The molecule has 1 amide bonds. The number of carbonyl (C=O) groups excluding carboxylic acids is 2. The minimum atomic E-state index is -0.988. The molecule has 3 rings (SSSR count). The standard InChI is InChI=1S/C18H18N2O5/c21-15(22)9-18(6-8-25-11-18)20-17(24)13-3-1-12(2-4-13)16(23)14-5-7-19-10-14/h1-5,7,10,19H,6,8-9,11H2,(H,20,24)(H,21,22). The zero-order valence-electron chi connectivity index (χ0n) is 13.5. The van der Waals surface area contributed by atoms with Crippen LogP contribution in [0.5, 0.6) is 0 Å². The summed E-state index contributed by atoms with van der Waals surface area (Å²) in [7, 11) is 0. The average Bonchev–Trinajstić information content (AvgIpc) is 3.26. The number of aromatic nitrogens is 1. The Morgan fingerprint density at radius 1 is 1.12 bits per heavy atom. The molecule has 0 spiro atoms. The Balaban J connectivity index is 1.72. The molecule has 1 aromatic carbocycles. The van der Waals surface area contributed by atoms with Crippen LogP contribution in [0.4, 0.5) is 0 Å². The Morgan fingerprint density at radius 2 is 1.84 bits per heavy atom. The Morgan fingerprint density at radius 3 is 2.40 bits per heavy atom. The number of aliphatic carboxylic acids is 1. The smallest absolute Gasteiger partial charge is 0.305 e. The SMILES string of the molecule is O=C(O)CC1(NC(=O)c2ccc(C(=O)c3cc[nH]c3)cc2)CCOC1. The quantitative estimate of drug-likeness (QED) is 0.691. The molecule has 1 saturated heterocycles. The monoisotopic (exact) mass is 342 g/mol. The van der Waals surface area contributed by atoms with Gasteiger partial charge in [0.25, 0.3) is 5.91 Å². The molecule has 1 aromatic heterocycles. The number of ether oxygens (including phenoxy) is 1. The highest BCUT2D eigenvalue weighted by Crippen LogP contribution is 2.23. The lowest BCUT2D eigenvalue weighted by Crippen LogP contribution is -2.50. The van der Waals surface area contributed by atoms with Gasteiger partial charge in [-0.3, -0.25) is 14.4 Å². The molecule has 0 saturated carbocycles. The molecule has 0 aliphatic carbocycles. The van der Waals surface area contributed by atoms with Crippen LogP contribution in [0.25, 0.3) is 0 Å². The molecule has 0 radical (unpaired) electrons. The number of amides is 1. The summed E-state index contributed by atoms with van der Waals surface area (Å²) in [6.45, 7) is 0.590. The second-order valence-corrected chi connectivity index (χ2v) is 6.11. The molecule has 1 unspecified atom stereocenters. The first-order valence-corrected chi connectivity index (χ1v) is 7.89. The molecule has 7 heteroatoms. The van der Waals surface area contributed by atoms with Crippen LogP contribution in [0.15, 0.2) is 42.7 Å². The van der Waals surface area contributed by atoms with Crippen LogP contribution in [-0.4, -0.2) is 46.5 Å². The molecule has 1 atom stereocenters. The molecule has 3 N–H and O–H groups in total. The van der Waals surface area contributed by atoms with Crippen molar-refractivity contribution < 1.29 is 24.2 Å². The molecule has 1 aliphatic heterocycles. The predicted octanol–water partition coefficient (Wildman–Crippen LogP) is 1.61. The maximum atomic E-state index is 12.4. The zero-order valence-corrected chi connectivity index (χ0v) is 13.5. The summed E-state index contributed by atoms with van der Waals surface area (Å²) in [6.07, 6.45) is 3.54. The summed E-state index contributed by atoms with van der Waals surface area (Å²) >= 11 is 0. The number of ketones is 1. The third-order valence-corrected chi connectivity index (χ3v) is 4.24. The van der Waals surface area contributed by atoms with Crippen molar-refractivity contribution in [1.82, 2.24) is 10.3 Å². The largest absolute Gasteiger partial charge is 0.481 e. The Kier molecular flexibility index (Phi) is 4.67. The lowest BCUT2D eigenvalue weighted by molar-refractivity contribution is -0.138. The highest BCUT2D eigenvalue weighted by Gasteiger charge is 2.38. The van der Waals surface area contributed by atoms with Crippen molar-refractivity contribution in [2.24, 2.45) is 0 Å². The number of rotatable bonds is 6. The summed E-state index contributed by atoms with van der Waals surface area (Å²) < 4.78 is 5.26. The van der Waals surface area contributed by atoms with Crippen LogP contribution in [0.3, 0.4) is 0 Å². The summed E-state index contributed by atoms with van der Waals surface area (Å²) in [5.74, 6) is -1.51. The number of carboxylic acid groups (broad SMARTS) is 1. The van der Waals surface area contributed by atoms with Crippen molar-refractivity contribution in [2.45, 2.75) is 18.4 Å². The van der Waals surface area contributed by atoms with E-state index in [-0.39, 0.29) is 24.7 Å². The summed E-state index contributed by atoms with van der Waals surface area (Å²) in [6, 6.07) is 7.95. The second-order valence-electron chi connectivity index (χ2n) is 6.11. The van der Waals surface area contributed by atoms with Crippen LogP contribution in [0.1, 0.15) is 39.1 Å². The fourth-order valence-electron chi connectivity index (χ4n) is 2.90. The Hall–Kier alpha value is -2.93. The van der Waals surface area contributed by atoms with Crippen molar-refractivity contribution in [3.05, 3.63) is 59.4 Å². The molecule has 2 aromatic rings. The van der Waals surface area contributed by atoms with E-state index in [1.165, 1.54) is 0 Å². The van der Waals surface area contributed by atoms with Gasteiger partial charge in [-0.25, -0.2) is 0 Å². The number of carbonyl (C=O) groups is 3. The van der Waals surface area contributed by atoms with Gasteiger partial charge < -0.3 is 20.1 Å². The van der Waals surface area contributed by atoms with Gasteiger partial charge in [0.2, 0.25) is 0 Å². The fourth-order valence-corrected chi connectivity index (χ4v) is 2.90. The Bertz CT molecular complexity index is 774. The van der Waals surface area contributed by atoms with Gasteiger partial charge in [0, 0.05) is 35.7 Å². The zero-order chi connectivity index (χ0) is 17.9. The van der Waals surface area contributed by atoms with E-state index in [1.54, 1.807) is 42.7 Å². The Labute approximate surface area is 144 Å². The van der Waals surface area contributed by atoms with Crippen LogP contribution in [0.2, 0.25) is 0 Å². The maximum Gasteiger partial charge on any atom is 0.305 e. The van der Waals surface area contributed by atoms with E-state index >= 15 is 0 Å². The van der Waals surface area contributed by atoms with Crippen LogP contribution >= 0.6 is 0 Å². The molecule has 1 fully saturated rings. The third kappa shape index (κ3) is 3.77. The molecule has 2 heterocycles. The first-order valence-electron chi connectivity index (χ1n) is 7.89. The van der Waals surface area contributed by atoms with Crippen molar-refractivity contribution in [1.29, 1.82) is 0 Å². The van der Waals surface area contributed by atoms with Gasteiger partial charge in [-0.05, 0) is 24.6 Å². The van der Waals surface area contributed by atoms with Crippen LogP contribution in [-0.2, 0) is 9.53 Å². The first kappa shape index (κ1) is 16.9. The average molecular weight is 342 g/mol. The number of nitrogens with one attached hydrogen (secondary N) is 2. The fraction of sp³-hybridized carbons (Fsp3) is 0.278. The highest BCUT2D eigenvalue weighted by molar-refractivity contribution is 6.09. The van der Waals surface area contributed by atoms with Gasteiger partial charge in [0.15, 0.2) is 5.78 Å². The van der Waals surface area contributed by atoms with E-state index in [2.05, 4.69) is 10.3 Å². The maximum absolute atomic E-state index is 12.4. The number of hydrogen-bond acceptors (Lipinski definition) is 4. The number of H-pyrrole nitrogens is 1. The van der Waals surface area contributed by atoms with E-state index in [1.807, 2.05) is 0 Å². The summed E-state index contributed by atoms with van der Waals surface area (Å²) in [5, 5.41) is 11.8. The first-order chi connectivity index (χ1) is 12.0. The van der Waals surface area contributed by atoms with E-state index in [0.717, 1.165) is 0 Å². The van der Waals surface area contributed by atoms with Gasteiger partial charge in [-0.1, -0.05) is 12.1 Å². The van der Waals surface area contributed by atoms with Gasteiger partial charge >= 0.3 is 5.97 Å². The van der Waals surface area contributed by atoms with Gasteiger partial charge in [0.1, 0.15) is 0 Å². The molecule has 7 nitrogen and oxygen atoms in total. The molecule has 0 bridgehead atoms. The lowest BCUT2D eigenvalue weighted by Gasteiger charge is -2.27. The van der Waals surface area contributed by atoms with Gasteiger partial charge in [-0.15, -0.1) is 0 Å². The summed E-state index contributed by atoms with van der Waals surface area (Å²) in [5.41, 5.74) is 0.492. The molecule has 1 aliphatic rings. The molecule has 25 heavy (non-hydrogen) atoms. The highest BCUT2D eigenvalue weighted by atomic mass is 16.5. The molecular formula is C18H18N2O5. The van der Waals surface area contributed by atoms with Crippen LogP contribution < -0.4 is 5.32 Å². The molecular weight excluding hydrogens is 324 g/mol. The second kappa shape index (κ2) is 6.90. The van der Waals surface area contributed by atoms with E-state index < -0.39 is 11.5 Å². The number of benzene rings is 1. The third-order valence-electron chi connectivity index (χ3n) is 4.24. The minimum Gasteiger partial charge on any atom is -0.481 e. The van der Waals surface area contributed by atoms with E-state index in [9.17, 15) is 14.4 Å². The van der Waals surface area contributed by atoms with Crippen molar-refractivity contribution in [3.8, 4) is 0 Å². The number of carboxylic acids is 1. The van der Waals surface area contributed by atoms with Crippen molar-refractivity contribution in [3.63, 3.8) is 0 Å². The predicted molar refractivity (Wildman–Crippen MR) is 88.6 cm³/mol. The van der Waals surface area contributed by atoms with E-state index in [4.69, 9.17) is 9.84 Å². The van der Waals surface area contributed by atoms with Crippen molar-refractivity contribution in [2.75, 3.05) is 13.2 Å². The number of aromatic amines is 1. The summed E-state index contributed by atoms with van der Waals surface area (Å²) in [4.78, 5) is 38.6. The van der Waals surface area contributed by atoms with Gasteiger partial charge in [-0.2, -0.15) is 0 Å². The minimum absolute atomic E-state index is 0.139.